The molecule has 2 heterocycles. The van der Waals surface area contributed by atoms with Crippen molar-refractivity contribution in [1.82, 2.24) is 14.8 Å². The van der Waals surface area contributed by atoms with Crippen LogP contribution in [-0.2, 0) is 24.7 Å². The molecule has 0 N–H and O–H groups in total. The van der Waals surface area contributed by atoms with Crippen LogP contribution in [0.5, 0.6) is 0 Å². The number of alkyl halides is 3. The lowest BCUT2D eigenvalue weighted by molar-refractivity contribution is -0.137. The summed E-state index contributed by atoms with van der Waals surface area (Å²) in [5.41, 5.74) is 0.947. The highest BCUT2D eigenvalue weighted by Crippen LogP contribution is 2.31. The average Bonchev–Trinajstić information content (AvgIpc) is 3.02. The molecule has 0 aliphatic heterocycles. The van der Waals surface area contributed by atoms with Crippen LogP contribution in [0, 0.1) is 0 Å². The van der Waals surface area contributed by atoms with Gasteiger partial charge in [-0.25, -0.2) is 4.98 Å². The third-order valence-corrected chi connectivity index (χ3v) is 4.00. The van der Waals surface area contributed by atoms with E-state index in [2.05, 4.69) is 10.1 Å². The van der Waals surface area contributed by atoms with Crippen molar-refractivity contribution < 1.29 is 17.6 Å². The van der Waals surface area contributed by atoms with Crippen LogP contribution in [0.25, 0.3) is 11.1 Å². The van der Waals surface area contributed by atoms with Crippen LogP contribution < -0.4 is 0 Å². The molecule has 0 saturated carbocycles. The number of benzene rings is 1. The summed E-state index contributed by atoms with van der Waals surface area (Å²) in [6.45, 7) is 0. The van der Waals surface area contributed by atoms with Crippen molar-refractivity contribution in [2.45, 2.75) is 17.7 Å². The Morgan fingerprint density at radius 3 is 2.77 bits per heavy atom. The summed E-state index contributed by atoms with van der Waals surface area (Å²) < 4.78 is 45.1. The van der Waals surface area contributed by atoms with Gasteiger partial charge in [0.05, 0.1) is 17.5 Å². The van der Waals surface area contributed by atoms with Crippen LogP contribution in [0.4, 0.5) is 13.2 Å². The van der Waals surface area contributed by atoms with Crippen LogP contribution >= 0.6 is 11.8 Å². The number of hydrogen-bond donors (Lipinski definition) is 0. The number of oxazole rings is 1. The molecule has 3 aromatic rings. The molecular weight excluding hydrogens is 315 g/mol. The van der Waals surface area contributed by atoms with E-state index in [4.69, 9.17) is 4.42 Å². The Balaban J connectivity index is 1.69. The Labute approximate surface area is 128 Å². The number of aryl methyl sites for hydroxylation is 1. The van der Waals surface area contributed by atoms with Gasteiger partial charge in [0.2, 0.25) is 5.89 Å². The second-order valence-corrected chi connectivity index (χ2v) is 5.79. The number of fused-ring (bicyclic) bond motifs is 1. The van der Waals surface area contributed by atoms with Crippen molar-refractivity contribution in [3.8, 4) is 0 Å². The third-order valence-electron chi connectivity index (χ3n) is 3.01. The summed E-state index contributed by atoms with van der Waals surface area (Å²) in [7, 11) is 1.84. The highest BCUT2D eigenvalue weighted by Gasteiger charge is 2.30. The summed E-state index contributed by atoms with van der Waals surface area (Å²) in [6.07, 6.45) is -0.689. The van der Waals surface area contributed by atoms with Gasteiger partial charge >= 0.3 is 6.18 Å². The molecule has 0 unspecified atom stereocenters. The van der Waals surface area contributed by atoms with Gasteiger partial charge in [0.15, 0.2) is 5.58 Å². The molecule has 1 aromatic carbocycles. The van der Waals surface area contributed by atoms with Gasteiger partial charge in [0.1, 0.15) is 5.52 Å². The minimum atomic E-state index is -4.37. The standard InChI is InChI=1S/C14H12F3N3OS/c1-20-6-9(5-18-20)7-22-8-13-19-11-4-10(14(15,16)17)2-3-12(11)21-13/h2-6H,7-8H2,1H3. The van der Waals surface area contributed by atoms with Gasteiger partial charge in [-0.1, -0.05) is 0 Å². The van der Waals surface area contributed by atoms with Crippen LogP contribution in [0.15, 0.2) is 35.0 Å². The molecule has 4 nitrogen and oxygen atoms in total. The minimum absolute atomic E-state index is 0.229. The van der Waals surface area contributed by atoms with Crippen molar-refractivity contribution in [3.05, 3.63) is 47.6 Å². The van der Waals surface area contributed by atoms with Crippen molar-refractivity contribution in [3.63, 3.8) is 0 Å². The Kier molecular flexibility index (Phi) is 3.86. The fourth-order valence-electron chi connectivity index (χ4n) is 2.02. The minimum Gasteiger partial charge on any atom is -0.440 e. The molecule has 0 fully saturated rings. The first kappa shape index (κ1) is 15.0. The zero-order valence-corrected chi connectivity index (χ0v) is 12.4. The molecule has 8 heteroatoms. The lowest BCUT2D eigenvalue weighted by Crippen LogP contribution is -2.03. The summed E-state index contributed by atoms with van der Waals surface area (Å²) in [6, 6.07) is 3.31. The fraction of sp³-hybridized carbons (Fsp3) is 0.286. The topological polar surface area (TPSA) is 43.9 Å². The summed E-state index contributed by atoms with van der Waals surface area (Å²) in [5, 5.41) is 4.07. The molecular formula is C14H12F3N3OS. The third kappa shape index (κ3) is 3.27. The molecule has 0 aliphatic carbocycles. The molecule has 0 radical (unpaired) electrons. The van der Waals surface area contributed by atoms with E-state index in [1.54, 1.807) is 22.6 Å². The molecule has 0 atom stereocenters. The molecule has 0 aliphatic rings. The highest BCUT2D eigenvalue weighted by atomic mass is 32.2. The Morgan fingerprint density at radius 1 is 1.27 bits per heavy atom. The molecule has 0 bridgehead atoms. The Hall–Kier alpha value is -1.96. The normalized spacial score (nSPS) is 12.2. The van der Waals surface area contributed by atoms with Gasteiger partial charge in [0.25, 0.3) is 0 Å². The van der Waals surface area contributed by atoms with E-state index in [0.717, 1.165) is 23.4 Å². The maximum absolute atomic E-state index is 12.6. The van der Waals surface area contributed by atoms with Gasteiger partial charge in [-0.2, -0.15) is 18.3 Å². The highest BCUT2D eigenvalue weighted by molar-refractivity contribution is 7.97. The maximum atomic E-state index is 12.6. The zero-order valence-electron chi connectivity index (χ0n) is 11.6. The number of hydrogen-bond acceptors (Lipinski definition) is 4. The molecule has 3 rings (SSSR count). The van der Waals surface area contributed by atoms with Gasteiger partial charge < -0.3 is 4.42 Å². The largest absolute Gasteiger partial charge is 0.440 e. The SMILES string of the molecule is Cn1cc(CSCc2nc3cc(C(F)(F)F)ccc3o2)cn1. The number of nitrogens with zero attached hydrogens (tertiary/aromatic N) is 3. The van der Waals surface area contributed by atoms with Crippen LogP contribution in [-0.4, -0.2) is 14.8 Å². The Bertz CT molecular complexity index is 794. The number of thioether (sulfide) groups is 1. The van der Waals surface area contributed by atoms with E-state index < -0.39 is 11.7 Å². The van der Waals surface area contributed by atoms with Crippen molar-refractivity contribution >= 4 is 22.9 Å². The number of aromatic nitrogens is 3. The van der Waals surface area contributed by atoms with Crippen molar-refractivity contribution in [1.29, 1.82) is 0 Å². The summed E-state index contributed by atoms with van der Waals surface area (Å²) in [4.78, 5) is 4.11. The van der Waals surface area contributed by atoms with E-state index in [-0.39, 0.29) is 5.52 Å². The Morgan fingerprint density at radius 2 is 2.09 bits per heavy atom. The second-order valence-electron chi connectivity index (χ2n) is 4.80. The van der Waals surface area contributed by atoms with E-state index in [9.17, 15) is 13.2 Å². The zero-order chi connectivity index (χ0) is 15.7. The molecule has 2 aromatic heterocycles. The second kappa shape index (κ2) is 5.68. The van der Waals surface area contributed by atoms with Gasteiger partial charge in [-0.3, -0.25) is 4.68 Å². The first-order valence-corrected chi connectivity index (χ1v) is 7.59. The summed E-state index contributed by atoms with van der Waals surface area (Å²) in [5.74, 6) is 1.65. The number of rotatable bonds is 4. The van der Waals surface area contributed by atoms with E-state index in [1.807, 2.05) is 13.2 Å². The monoisotopic (exact) mass is 327 g/mol. The molecule has 0 spiro atoms. The van der Waals surface area contributed by atoms with Gasteiger partial charge in [-0.05, 0) is 23.8 Å². The first-order valence-electron chi connectivity index (χ1n) is 6.44. The van der Waals surface area contributed by atoms with E-state index in [0.29, 0.717) is 17.2 Å². The number of halogens is 3. The van der Waals surface area contributed by atoms with Crippen LogP contribution in [0.3, 0.4) is 0 Å². The lowest BCUT2D eigenvalue weighted by atomic mass is 10.2. The van der Waals surface area contributed by atoms with E-state index >= 15 is 0 Å². The van der Waals surface area contributed by atoms with E-state index in [1.165, 1.54) is 6.07 Å². The predicted molar refractivity (Wildman–Crippen MR) is 77.2 cm³/mol. The summed E-state index contributed by atoms with van der Waals surface area (Å²) >= 11 is 1.57. The fourth-order valence-corrected chi connectivity index (χ4v) is 2.80. The van der Waals surface area contributed by atoms with Crippen molar-refractivity contribution in [2.24, 2.45) is 7.05 Å². The van der Waals surface area contributed by atoms with Crippen LogP contribution in [0.2, 0.25) is 0 Å². The lowest BCUT2D eigenvalue weighted by Gasteiger charge is -2.04. The average molecular weight is 327 g/mol. The molecule has 0 amide bonds. The van der Waals surface area contributed by atoms with Gasteiger partial charge in [0, 0.05) is 19.0 Å². The van der Waals surface area contributed by atoms with Gasteiger partial charge in [-0.15, -0.1) is 11.8 Å². The quantitative estimate of drug-likeness (QED) is 0.726. The molecule has 22 heavy (non-hydrogen) atoms. The maximum Gasteiger partial charge on any atom is 0.416 e. The predicted octanol–water partition coefficient (Wildman–Crippen LogP) is 4.01. The van der Waals surface area contributed by atoms with Crippen molar-refractivity contribution in [2.75, 3.05) is 0 Å². The molecule has 0 saturated heterocycles. The first-order chi connectivity index (χ1) is 10.4. The van der Waals surface area contributed by atoms with Crippen LogP contribution in [0.1, 0.15) is 17.0 Å². The molecule has 116 valence electrons. The smallest absolute Gasteiger partial charge is 0.416 e.